The van der Waals surface area contributed by atoms with E-state index in [2.05, 4.69) is 5.32 Å². The van der Waals surface area contributed by atoms with E-state index >= 15 is 0 Å². The number of hydrogen-bond acceptors (Lipinski definition) is 10. The zero-order valence-electron chi connectivity index (χ0n) is 18.6. The van der Waals surface area contributed by atoms with Crippen molar-refractivity contribution in [2.45, 2.75) is 24.4 Å². The number of amides is 2. The van der Waals surface area contributed by atoms with Gasteiger partial charge >= 0.3 is 29.8 Å². The lowest BCUT2D eigenvalue weighted by Gasteiger charge is -2.49. The molecule has 0 radical (unpaired) electrons. The lowest BCUT2D eigenvalue weighted by Crippen LogP contribution is -2.71. The average Bonchev–Trinajstić information content (AvgIpc) is 2.80. The number of rotatable bonds is 9. The van der Waals surface area contributed by atoms with Crippen molar-refractivity contribution in [3.63, 3.8) is 0 Å². The van der Waals surface area contributed by atoms with E-state index in [1.165, 1.54) is 0 Å². The molecule has 37 heavy (non-hydrogen) atoms. The summed E-state index contributed by atoms with van der Waals surface area (Å²) in [5.41, 5.74) is -3.60. The summed E-state index contributed by atoms with van der Waals surface area (Å²) < 4.78 is 5.07. The molecule has 17 heteroatoms. The van der Waals surface area contributed by atoms with Crippen LogP contribution in [0, 0.1) is 0 Å². The maximum Gasteiger partial charge on any atom is 0.352 e. The minimum atomic E-state index is -2.41. The van der Waals surface area contributed by atoms with Crippen LogP contribution in [-0.4, -0.2) is 95.3 Å². The number of carbonyl (C=O) groups excluding carboxylic acids is 3. The van der Waals surface area contributed by atoms with Gasteiger partial charge in [0, 0.05) is 30.5 Å². The largest absolute Gasteiger partial charge is 0.479 e. The summed E-state index contributed by atoms with van der Waals surface area (Å²) in [5, 5.41) is 38.9. The number of carboxylic acid groups (broad SMARTS) is 4. The van der Waals surface area contributed by atoms with Gasteiger partial charge in [0.15, 0.2) is 5.43 Å². The molecule has 196 valence electrons. The van der Waals surface area contributed by atoms with Crippen molar-refractivity contribution < 1.29 is 58.7 Å². The summed E-state index contributed by atoms with van der Waals surface area (Å²) in [6.07, 6.45) is 0.392. The van der Waals surface area contributed by atoms with Crippen LogP contribution in [0.5, 0.6) is 0 Å². The Morgan fingerprint density at radius 1 is 1.08 bits per heavy atom. The number of thioether (sulfide) groups is 1. The Hall–Kier alpha value is -4.67. The van der Waals surface area contributed by atoms with E-state index in [0.717, 1.165) is 23.6 Å². The molecule has 0 spiro atoms. The number of aromatic carboxylic acids is 2. The molecule has 2 aliphatic rings. The van der Waals surface area contributed by atoms with Crippen LogP contribution in [0.3, 0.4) is 0 Å². The molecule has 1 fully saturated rings. The van der Waals surface area contributed by atoms with E-state index < -0.39 is 88.1 Å². The summed E-state index contributed by atoms with van der Waals surface area (Å²) in [4.78, 5) is 96.0. The molecule has 0 aromatic carbocycles. The topological polar surface area (TPSA) is 247 Å². The number of ether oxygens (including phenoxy) is 1. The Labute approximate surface area is 209 Å². The Morgan fingerprint density at radius 2 is 1.73 bits per heavy atom. The van der Waals surface area contributed by atoms with Crippen LogP contribution in [0.2, 0.25) is 0 Å². The number of nitrogens with one attached hydrogen (secondary N) is 1. The smallest absolute Gasteiger partial charge is 0.352 e. The minimum Gasteiger partial charge on any atom is -0.479 e. The number of carbonyl (C=O) groups is 7. The summed E-state index contributed by atoms with van der Waals surface area (Å²) in [7, 11) is 0. The maximum atomic E-state index is 12.9. The predicted octanol–water partition coefficient (Wildman–Crippen LogP) is -1.83. The van der Waals surface area contributed by atoms with Crippen molar-refractivity contribution in [2.24, 2.45) is 0 Å². The number of pyridine rings is 1. The predicted molar refractivity (Wildman–Crippen MR) is 118 cm³/mol. The fourth-order valence-corrected chi connectivity index (χ4v) is 5.00. The lowest BCUT2D eigenvalue weighted by molar-refractivity contribution is -0.153. The fourth-order valence-electron chi connectivity index (χ4n) is 3.67. The van der Waals surface area contributed by atoms with Crippen LogP contribution in [0.15, 0.2) is 28.3 Å². The molecular weight excluding hydrogens is 522 g/mol. The van der Waals surface area contributed by atoms with Crippen molar-refractivity contribution in [1.29, 1.82) is 0 Å². The molecular formula is C20H17N3O13S. The highest BCUT2D eigenvalue weighted by Crippen LogP contribution is 2.40. The van der Waals surface area contributed by atoms with Gasteiger partial charge in [-0.2, -0.15) is 0 Å². The normalized spacial score (nSPS) is 19.3. The summed E-state index contributed by atoms with van der Waals surface area (Å²) in [6.45, 7) is 0.714. The number of aromatic nitrogens is 1. The van der Waals surface area contributed by atoms with Gasteiger partial charge in [0.2, 0.25) is 6.04 Å². The Morgan fingerprint density at radius 3 is 2.24 bits per heavy atom. The zero-order valence-corrected chi connectivity index (χ0v) is 19.4. The lowest BCUT2D eigenvalue weighted by atomic mass is 10.0. The molecule has 1 aromatic rings. The van der Waals surface area contributed by atoms with Crippen molar-refractivity contribution in [2.75, 3.05) is 12.4 Å². The molecule has 0 bridgehead atoms. The van der Waals surface area contributed by atoms with E-state index in [-0.39, 0.29) is 15.9 Å². The highest BCUT2D eigenvalue weighted by molar-refractivity contribution is 8.00. The third-order valence-corrected chi connectivity index (χ3v) is 6.63. The van der Waals surface area contributed by atoms with Crippen LogP contribution in [-0.2, 0) is 28.7 Å². The number of fused-ring (bicyclic) bond motifs is 1. The highest BCUT2D eigenvalue weighted by Gasteiger charge is 2.55. The molecule has 2 aliphatic heterocycles. The van der Waals surface area contributed by atoms with Gasteiger partial charge in [-0.05, 0) is 0 Å². The third-order valence-electron chi connectivity index (χ3n) is 5.29. The SMILES string of the molecule is CC(=O)OCC1=C(C(=O)O)N2C(=O)[C@@H](NC(=O)C(C(=O)O)n3cc(C(=O)O)c(=O)cc3C(=O)O)[C@H]2SC1. The van der Waals surface area contributed by atoms with Crippen LogP contribution in [0.25, 0.3) is 0 Å². The first kappa shape index (κ1) is 26.9. The van der Waals surface area contributed by atoms with Gasteiger partial charge in [-0.1, -0.05) is 0 Å². The second-order valence-corrected chi connectivity index (χ2v) is 8.73. The fraction of sp³-hybridized carbons (Fsp3) is 0.300. The molecule has 2 amide bonds. The van der Waals surface area contributed by atoms with Crippen LogP contribution < -0.4 is 10.7 Å². The number of hydrogen-bond donors (Lipinski definition) is 5. The molecule has 16 nitrogen and oxygen atoms in total. The van der Waals surface area contributed by atoms with Gasteiger partial charge in [0.25, 0.3) is 11.8 Å². The van der Waals surface area contributed by atoms with E-state index in [4.69, 9.17) is 9.84 Å². The van der Waals surface area contributed by atoms with Gasteiger partial charge in [0.05, 0.1) is 0 Å². The number of esters is 1. The maximum absolute atomic E-state index is 12.9. The minimum absolute atomic E-state index is 0.0110. The molecule has 0 aliphatic carbocycles. The van der Waals surface area contributed by atoms with E-state index in [1.54, 1.807) is 0 Å². The van der Waals surface area contributed by atoms with Gasteiger partial charge in [-0.3, -0.25) is 24.1 Å². The Kier molecular flexibility index (Phi) is 7.37. The molecule has 1 unspecified atom stereocenters. The first-order chi connectivity index (χ1) is 17.3. The van der Waals surface area contributed by atoms with Crippen molar-refractivity contribution in [3.05, 3.63) is 45.0 Å². The van der Waals surface area contributed by atoms with Crippen molar-refractivity contribution in [1.82, 2.24) is 14.8 Å². The first-order valence-corrected chi connectivity index (χ1v) is 11.1. The molecule has 3 rings (SSSR count). The Bertz CT molecular complexity index is 1350. The highest BCUT2D eigenvalue weighted by atomic mass is 32.2. The van der Waals surface area contributed by atoms with Crippen molar-refractivity contribution >= 4 is 53.4 Å². The molecule has 5 N–H and O–H groups in total. The zero-order chi connectivity index (χ0) is 27.8. The monoisotopic (exact) mass is 539 g/mol. The molecule has 0 saturated carbocycles. The molecule has 1 saturated heterocycles. The quantitative estimate of drug-likeness (QED) is 0.132. The first-order valence-electron chi connectivity index (χ1n) is 10.1. The number of carboxylic acids is 4. The standard InChI is InChI=1S/C20H17N3O13S/c1-6(24)36-4-7-5-37-16-11(15(27)23(16)12(7)19(32)33)21-14(26)13(20(34)35)22-3-8(17(28)29)10(25)2-9(22)18(30)31/h2-3,11,13,16H,4-5H2,1H3,(H,21,26)(H,28,29)(H,30,31)(H,32,33)(H,34,35)/t11-,13?,16-/m1/s1. The van der Waals surface area contributed by atoms with Crippen LogP contribution in [0.1, 0.15) is 33.8 Å². The van der Waals surface area contributed by atoms with Gasteiger partial charge in [-0.25, -0.2) is 19.2 Å². The number of nitrogens with zero attached hydrogens (tertiary/aromatic N) is 2. The van der Waals surface area contributed by atoms with E-state index in [9.17, 15) is 53.7 Å². The Balaban J connectivity index is 1.92. The van der Waals surface area contributed by atoms with Gasteiger partial charge < -0.3 is 35.0 Å². The van der Waals surface area contributed by atoms with E-state index in [0.29, 0.717) is 12.3 Å². The van der Waals surface area contributed by atoms with E-state index in [1.807, 2.05) is 0 Å². The third kappa shape index (κ3) is 5.01. The molecule has 1 aromatic heterocycles. The molecule has 3 heterocycles. The average molecular weight is 539 g/mol. The summed E-state index contributed by atoms with van der Waals surface area (Å²) in [6, 6.07) is -3.48. The summed E-state index contributed by atoms with van der Waals surface area (Å²) >= 11 is 0.991. The van der Waals surface area contributed by atoms with Gasteiger partial charge in [0.1, 0.15) is 35.0 Å². The second kappa shape index (κ2) is 10.1. The summed E-state index contributed by atoms with van der Waals surface area (Å²) in [5.74, 6) is -10.1. The second-order valence-electron chi connectivity index (χ2n) is 7.63. The molecule has 3 atom stereocenters. The van der Waals surface area contributed by atoms with Gasteiger partial charge in [-0.15, -0.1) is 11.8 Å². The van der Waals surface area contributed by atoms with Crippen LogP contribution >= 0.6 is 11.8 Å². The van der Waals surface area contributed by atoms with Crippen LogP contribution in [0.4, 0.5) is 0 Å². The number of aliphatic carboxylic acids is 2. The van der Waals surface area contributed by atoms with Crippen molar-refractivity contribution in [3.8, 4) is 0 Å². The number of β-lactam (4-membered cyclic amide) rings is 1.